The summed E-state index contributed by atoms with van der Waals surface area (Å²) in [5.74, 6) is 0. The van der Waals surface area contributed by atoms with E-state index in [0.29, 0.717) is 5.54 Å². The molecule has 1 heterocycles. The number of hydrogen-bond acceptors (Lipinski definition) is 2. The fourth-order valence-electron chi connectivity index (χ4n) is 1.85. The van der Waals surface area contributed by atoms with Crippen LogP contribution in [0.1, 0.15) is 27.2 Å². The van der Waals surface area contributed by atoms with Gasteiger partial charge in [0, 0.05) is 31.7 Å². The molecule has 0 aliphatic carbocycles. The Morgan fingerprint density at radius 3 is 2.92 bits per heavy atom. The Kier molecular flexibility index (Phi) is 3.94. The summed E-state index contributed by atoms with van der Waals surface area (Å²) in [6.45, 7) is 11.2. The average molecular weight is 182 g/mol. The zero-order chi connectivity index (χ0) is 9.73. The number of nitrogens with one attached hydrogen (secondary N) is 1. The maximum atomic E-state index is 3.47. The lowest BCUT2D eigenvalue weighted by Gasteiger charge is -2.44. The fourth-order valence-corrected chi connectivity index (χ4v) is 1.85. The minimum absolute atomic E-state index is 0.359. The van der Waals surface area contributed by atoms with Crippen LogP contribution in [0.25, 0.3) is 0 Å². The Labute approximate surface area is 82.0 Å². The van der Waals surface area contributed by atoms with Gasteiger partial charge in [-0.3, -0.25) is 4.90 Å². The van der Waals surface area contributed by atoms with Crippen molar-refractivity contribution in [3.8, 4) is 0 Å². The maximum Gasteiger partial charge on any atom is 0.0307 e. The van der Waals surface area contributed by atoms with Crippen molar-refractivity contribution in [2.45, 2.75) is 32.7 Å². The molecule has 0 bridgehead atoms. The number of allylic oxidation sites excluding steroid dienone is 1. The second-order valence-corrected chi connectivity index (χ2v) is 4.04. The van der Waals surface area contributed by atoms with E-state index in [1.807, 2.05) is 0 Å². The van der Waals surface area contributed by atoms with Crippen LogP contribution in [-0.4, -0.2) is 36.6 Å². The molecular formula is C11H22N2. The molecule has 0 aromatic heterocycles. The Bertz CT molecular complexity index is 177. The van der Waals surface area contributed by atoms with E-state index in [4.69, 9.17) is 0 Å². The highest BCUT2D eigenvalue weighted by molar-refractivity contribution is 4.95. The minimum atomic E-state index is 0.359. The highest BCUT2D eigenvalue weighted by atomic mass is 15.2. The molecule has 0 amide bonds. The van der Waals surface area contributed by atoms with Crippen molar-refractivity contribution in [3.63, 3.8) is 0 Å². The first-order valence-electron chi connectivity index (χ1n) is 5.30. The molecule has 1 unspecified atom stereocenters. The molecule has 1 N–H and O–H groups in total. The third-order valence-electron chi connectivity index (χ3n) is 3.15. The van der Waals surface area contributed by atoms with Crippen molar-refractivity contribution in [1.29, 1.82) is 0 Å². The number of nitrogens with zero attached hydrogens (tertiary/aromatic N) is 1. The minimum Gasteiger partial charge on any atom is -0.314 e. The molecule has 2 nitrogen and oxygen atoms in total. The van der Waals surface area contributed by atoms with Crippen LogP contribution in [-0.2, 0) is 0 Å². The highest BCUT2D eigenvalue weighted by Crippen LogP contribution is 2.20. The summed E-state index contributed by atoms with van der Waals surface area (Å²) in [5.41, 5.74) is 0.359. The molecule has 13 heavy (non-hydrogen) atoms. The van der Waals surface area contributed by atoms with E-state index < -0.39 is 0 Å². The van der Waals surface area contributed by atoms with Crippen molar-refractivity contribution >= 4 is 0 Å². The summed E-state index contributed by atoms with van der Waals surface area (Å²) < 4.78 is 0. The van der Waals surface area contributed by atoms with Crippen molar-refractivity contribution in [3.05, 3.63) is 12.2 Å². The van der Waals surface area contributed by atoms with Gasteiger partial charge in [0.1, 0.15) is 0 Å². The first kappa shape index (κ1) is 10.7. The van der Waals surface area contributed by atoms with Crippen molar-refractivity contribution in [1.82, 2.24) is 10.2 Å². The van der Waals surface area contributed by atoms with Crippen LogP contribution in [0, 0.1) is 0 Å². The van der Waals surface area contributed by atoms with Gasteiger partial charge in [0.05, 0.1) is 0 Å². The zero-order valence-corrected chi connectivity index (χ0v) is 9.14. The molecule has 2 heteroatoms. The molecule has 1 aliphatic rings. The molecule has 0 saturated carbocycles. The van der Waals surface area contributed by atoms with E-state index in [1.54, 1.807) is 0 Å². The standard InChI is InChI=1S/C11H22N2/c1-4-6-8-13-9-7-12-10-11(13,3)5-2/h4,6,12H,5,7-10H2,1-3H3/b6-4+. The molecule has 1 fully saturated rings. The van der Waals surface area contributed by atoms with Gasteiger partial charge in [0.2, 0.25) is 0 Å². The first-order valence-corrected chi connectivity index (χ1v) is 5.30. The monoisotopic (exact) mass is 182 g/mol. The predicted molar refractivity (Wildman–Crippen MR) is 58.0 cm³/mol. The second-order valence-electron chi connectivity index (χ2n) is 4.04. The quantitative estimate of drug-likeness (QED) is 0.667. The predicted octanol–water partition coefficient (Wildman–Crippen LogP) is 1.64. The van der Waals surface area contributed by atoms with Gasteiger partial charge in [-0.05, 0) is 20.3 Å². The summed E-state index contributed by atoms with van der Waals surface area (Å²) in [4.78, 5) is 2.57. The summed E-state index contributed by atoms with van der Waals surface area (Å²) in [6, 6.07) is 0. The molecule has 0 radical (unpaired) electrons. The first-order chi connectivity index (χ1) is 6.23. The van der Waals surface area contributed by atoms with Crippen LogP contribution in [0.4, 0.5) is 0 Å². The largest absolute Gasteiger partial charge is 0.314 e. The number of rotatable bonds is 3. The Hall–Kier alpha value is -0.340. The van der Waals surface area contributed by atoms with Gasteiger partial charge in [-0.15, -0.1) is 0 Å². The van der Waals surface area contributed by atoms with Crippen LogP contribution in [0.2, 0.25) is 0 Å². The van der Waals surface area contributed by atoms with E-state index in [0.717, 1.165) is 19.6 Å². The van der Waals surface area contributed by atoms with Gasteiger partial charge in [-0.25, -0.2) is 0 Å². The molecule has 76 valence electrons. The van der Waals surface area contributed by atoms with E-state index in [1.165, 1.54) is 13.0 Å². The smallest absolute Gasteiger partial charge is 0.0307 e. The van der Waals surface area contributed by atoms with Crippen molar-refractivity contribution in [2.75, 3.05) is 26.2 Å². The topological polar surface area (TPSA) is 15.3 Å². The zero-order valence-electron chi connectivity index (χ0n) is 9.14. The second kappa shape index (κ2) is 4.77. The summed E-state index contributed by atoms with van der Waals surface area (Å²) in [5, 5.41) is 3.47. The van der Waals surface area contributed by atoms with E-state index >= 15 is 0 Å². The van der Waals surface area contributed by atoms with E-state index in [2.05, 4.69) is 43.1 Å². The number of hydrogen-bond donors (Lipinski definition) is 1. The van der Waals surface area contributed by atoms with Crippen molar-refractivity contribution in [2.24, 2.45) is 0 Å². The van der Waals surface area contributed by atoms with Gasteiger partial charge in [0.15, 0.2) is 0 Å². The van der Waals surface area contributed by atoms with E-state index in [9.17, 15) is 0 Å². The molecular weight excluding hydrogens is 160 g/mol. The fraction of sp³-hybridized carbons (Fsp3) is 0.818. The SMILES string of the molecule is C/C=C/CN1CCNCC1(C)CC. The molecule has 1 atom stereocenters. The Morgan fingerprint density at radius 1 is 1.54 bits per heavy atom. The lowest BCUT2D eigenvalue weighted by molar-refractivity contribution is 0.0843. The van der Waals surface area contributed by atoms with Crippen molar-refractivity contribution < 1.29 is 0 Å². The van der Waals surface area contributed by atoms with Crippen LogP contribution in [0.15, 0.2) is 12.2 Å². The van der Waals surface area contributed by atoms with Gasteiger partial charge in [-0.1, -0.05) is 19.1 Å². The van der Waals surface area contributed by atoms with Gasteiger partial charge >= 0.3 is 0 Å². The molecule has 0 spiro atoms. The van der Waals surface area contributed by atoms with Crippen LogP contribution in [0.3, 0.4) is 0 Å². The summed E-state index contributed by atoms with van der Waals surface area (Å²) in [7, 11) is 0. The number of piperazine rings is 1. The Morgan fingerprint density at radius 2 is 2.31 bits per heavy atom. The summed E-state index contributed by atoms with van der Waals surface area (Å²) >= 11 is 0. The summed E-state index contributed by atoms with van der Waals surface area (Å²) in [6.07, 6.45) is 5.61. The third-order valence-corrected chi connectivity index (χ3v) is 3.15. The Balaban J connectivity index is 2.56. The molecule has 0 aromatic rings. The lowest BCUT2D eigenvalue weighted by Crippen LogP contribution is -2.59. The van der Waals surface area contributed by atoms with Crippen LogP contribution < -0.4 is 5.32 Å². The van der Waals surface area contributed by atoms with Crippen LogP contribution in [0.5, 0.6) is 0 Å². The molecule has 1 rings (SSSR count). The van der Waals surface area contributed by atoms with Gasteiger partial charge in [-0.2, -0.15) is 0 Å². The molecule has 1 saturated heterocycles. The van der Waals surface area contributed by atoms with Crippen LogP contribution >= 0.6 is 0 Å². The normalized spacial score (nSPS) is 31.3. The van der Waals surface area contributed by atoms with Gasteiger partial charge < -0.3 is 5.32 Å². The lowest BCUT2D eigenvalue weighted by atomic mass is 9.94. The average Bonchev–Trinajstić information content (AvgIpc) is 2.17. The van der Waals surface area contributed by atoms with Gasteiger partial charge in [0.25, 0.3) is 0 Å². The molecule has 0 aromatic carbocycles. The third kappa shape index (κ3) is 2.55. The maximum absolute atomic E-state index is 3.47. The molecule has 1 aliphatic heterocycles. The highest BCUT2D eigenvalue weighted by Gasteiger charge is 2.31. The van der Waals surface area contributed by atoms with E-state index in [-0.39, 0.29) is 0 Å².